The molecule has 2 aliphatic rings. The first-order valence-corrected chi connectivity index (χ1v) is 12.4. The Bertz CT molecular complexity index is 537. The van der Waals surface area contributed by atoms with Crippen LogP contribution in [-0.4, -0.2) is 14.7 Å². The van der Waals surface area contributed by atoms with Crippen LogP contribution in [-0.2, 0) is 25.5 Å². The molecule has 0 heterocycles. The van der Waals surface area contributed by atoms with Crippen molar-refractivity contribution in [1.82, 2.24) is 3.80 Å². The van der Waals surface area contributed by atoms with Crippen molar-refractivity contribution in [2.24, 2.45) is 11.3 Å². The van der Waals surface area contributed by atoms with Crippen LogP contribution in [0.25, 0.3) is 0 Å². The third-order valence-electron chi connectivity index (χ3n) is 6.41. The van der Waals surface area contributed by atoms with Crippen molar-refractivity contribution in [3.63, 3.8) is 0 Å². The first-order chi connectivity index (χ1) is 10.3. The van der Waals surface area contributed by atoms with Gasteiger partial charge in [0, 0.05) is 0 Å². The van der Waals surface area contributed by atoms with Crippen LogP contribution in [0.3, 0.4) is 0 Å². The molecule has 0 aliphatic heterocycles. The van der Waals surface area contributed by atoms with Crippen molar-refractivity contribution in [3.8, 4) is 0 Å². The van der Waals surface area contributed by atoms with Crippen LogP contribution in [0.2, 0.25) is 18.6 Å². The van der Waals surface area contributed by atoms with Gasteiger partial charge in [-0.15, -0.1) is 0 Å². The Labute approximate surface area is 149 Å². The summed E-state index contributed by atoms with van der Waals surface area (Å²) in [6, 6.07) is 0. The maximum absolute atomic E-state index is 13.2. The van der Waals surface area contributed by atoms with Gasteiger partial charge >= 0.3 is 150 Å². The molecule has 121 valence electrons. The van der Waals surface area contributed by atoms with Crippen LogP contribution >= 0.6 is 0 Å². The number of hydrogen-bond donors (Lipinski definition) is 1. The zero-order valence-electron chi connectivity index (χ0n) is 15.0. The predicted molar refractivity (Wildman–Crippen MR) is 91.9 cm³/mol. The van der Waals surface area contributed by atoms with E-state index in [0.29, 0.717) is 11.5 Å². The molecule has 1 saturated carbocycles. The molecule has 1 N–H and O–H groups in total. The molecule has 2 aliphatic carbocycles. The SMILES string of the molecule is CC1=C(C)C(C)C(C2(C(=O)[NH][Ti])CCCCC2[SiH](C)C)=C1C. The zero-order valence-corrected chi connectivity index (χ0v) is 17.7. The second-order valence-electron chi connectivity index (χ2n) is 7.59. The van der Waals surface area contributed by atoms with Crippen LogP contribution in [0.1, 0.15) is 53.4 Å². The van der Waals surface area contributed by atoms with E-state index in [2.05, 4.69) is 44.6 Å². The fourth-order valence-corrected chi connectivity index (χ4v) is 7.92. The zero-order chi connectivity index (χ0) is 16.7. The predicted octanol–water partition coefficient (Wildman–Crippen LogP) is 4.28. The second-order valence-corrected chi connectivity index (χ2v) is 11.3. The van der Waals surface area contributed by atoms with Crippen LogP contribution in [0.5, 0.6) is 0 Å². The quantitative estimate of drug-likeness (QED) is 0.755. The van der Waals surface area contributed by atoms with Gasteiger partial charge in [0.25, 0.3) is 0 Å². The number of carbonyl (C=O) groups is 1. The summed E-state index contributed by atoms with van der Waals surface area (Å²) in [6.07, 6.45) is 4.76. The van der Waals surface area contributed by atoms with E-state index < -0.39 is 8.80 Å². The van der Waals surface area contributed by atoms with E-state index in [1.165, 1.54) is 41.6 Å². The Morgan fingerprint density at radius 2 is 1.86 bits per heavy atom. The molecule has 0 aromatic carbocycles. The third kappa shape index (κ3) is 2.63. The Morgan fingerprint density at radius 3 is 2.32 bits per heavy atom. The Morgan fingerprint density at radius 1 is 1.23 bits per heavy atom. The summed E-state index contributed by atoms with van der Waals surface area (Å²) in [5, 5.41) is 0. The molecule has 3 unspecified atom stereocenters. The standard InChI is InChI=1S/C18H31NOSi.Ti/c1-11-12(2)14(4)16(13(11)3)18(17(19)20)10-8-7-9-15(18)21(5)6;/h13,15,21H,7-10H2,1-6H3,(H2,19,20);/q;+1/p-1. The molecule has 0 radical (unpaired) electrons. The fraction of sp³-hybridized carbons (Fsp3) is 0.722. The molecule has 2 nitrogen and oxygen atoms in total. The first kappa shape index (κ1) is 18.2. The number of hydrogen-bond acceptors (Lipinski definition) is 1. The molecule has 0 saturated heterocycles. The van der Waals surface area contributed by atoms with E-state index in [9.17, 15) is 4.79 Å². The van der Waals surface area contributed by atoms with Crippen molar-refractivity contribution in [2.75, 3.05) is 0 Å². The van der Waals surface area contributed by atoms with Gasteiger partial charge in [0.2, 0.25) is 0 Å². The number of nitrogens with one attached hydrogen (secondary N) is 1. The topological polar surface area (TPSA) is 29.1 Å². The van der Waals surface area contributed by atoms with Crippen LogP contribution in [0.4, 0.5) is 0 Å². The molecule has 2 rings (SSSR count). The van der Waals surface area contributed by atoms with E-state index in [-0.39, 0.29) is 11.3 Å². The van der Waals surface area contributed by atoms with Gasteiger partial charge in [-0.1, -0.05) is 0 Å². The number of rotatable bonds is 3. The van der Waals surface area contributed by atoms with Crippen molar-refractivity contribution < 1.29 is 25.5 Å². The third-order valence-corrected chi connectivity index (χ3v) is 9.28. The van der Waals surface area contributed by atoms with Gasteiger partial charge in [0.05, 0.1) is 0 Å². The molecule has 22 heavy (non-hydrogen) atoms. The average molecular weight is 352 g/mol. The Balaban J connectivity index is 2.64. The van der Waals surface area contributed by atoms with Gasteiger partial charge in [0.15, 0.2) is 0 Å². The summed E-state index contributed by atoms with van der Waals surface area (Å²) < 4.78 is 3.04. The van der Waals surface area contributed by atoms with Crippen molar-refractivity contribution >= 4 is 14.7 Å². The number of allylic oxidation sites excluding steroid dienone is 3. The molecule has 0 bridgehead atoms. The van der Waals surface area contributed by atoms with Crippen LogP contribution in [0, 0.1) is 11.3 Å². The van der Waals surface area contributed by atoms with Gasteiger partial charge in [-0.05, 0) is 0 Å². The average Bonchev–Trinajstić information content (AvgIpc) is 2.70. The van der Waals surface area contributed by atoms with Gasteiger partial charge in [-0.25, -0.2) is 0 Å². The van der Waals surface area contributed by atoms with E-state index in [1.807, 2.05) is 20.7 Å². The summed E-state index contributed by atoms with van der Waals surface area (Å²) in [6.45, 7) is 13.9. The van der Waals surface area contributed by atoms with E-state index >= 15 is 0 Å². The summed E-state index contributed by atoms with van der Waals surface area (Å²) in [5.41, 5.74) is 6.08. The molecule has 1 fully saturated rings. The number of carbonyl (C=O) groups excluding carboxylic acids is 1. The summed E-state index contributed by atoms with van der Waals surface area (Å²) >= 11 is 1.82. The maximum atomic E-state index is 13.2. The minimum atomic E-state index is -0.912. The molecule has 0 aromatic heterocycles. The van der Waals surface area contributed by atoms with E-state index in [1.54, 1.807) is 0 Å². The number of amides is 1. The molecule has 0 spiro atoms. The summed E-state index contributed by atoms with van der Waals surface area (Å²) in [4.78, 5) is 13.2. The van der Waals surface area contributed by atoms with Crippen molar-refractivity contribution in [2.45, 2.75) is 72.0 Å². The monoisotopic (exact) mass is 352 g/mol. The van der Waals surface area contributed by atoms with Crippen molar-refractivity contribution in [1.29, 1.82) is 0 Å². The van der Waals surface area contributed by atoms with Crippen molar-refractivity contribution in [3.05, 3.63) is 22.3 Å². The second kappa shape index (κ2) is 6.78. The van der Waals surface area contributed by atoms with Gasteiger partial charge < -0.3 is 0 Å². The molecular weight excluding hydrogens is 322 g/mol. The summed E-state index contributed by atoms with van der Waals surface area (Å²) in [7, 11) is -0.912. The van der Waals surface area contributed by atoms with E-state index in [0.717, 1.165) is 6.42 Å². The Kier molecular flexibility index (Phi) is 5.62. The normalized spacial score (nSPS) is 32.8. The van der Waals surface area contributed by atoms with Crippen LogP contribution < -0.4 is 3.80 Å². The Hall–Kier alpha value is -0.119. The fourth-order valence-electron chi connectivity index (χ4n) is 5.04. The summed E-state index contributed by atoms with van der Waals surface area (Å²) in [5.74, 6) is 0.702. The molecular formula is C18H30NOSiTi. The van der Waals surface area contributed by atoms with Gasteiger partial charge in [-0.2, -0.15) is 0 Å². The molecule has 3 atom stereocenters. The van der Waals surface area contributed by atoms with Gasteiger partial charge in [-0.3, -0.25) is 0 Å². The van der Waals surface area contributed by atoms with E-state index in [4.69, 9.17) is 0 Å². The van der Waals surface area contributed by atoms with Gasteiger partial charge in [0.1, 0.15) is 0 Å². The molecule has 0 aromatic rings. The first-order valence-electron chi connectivity index (χ1n) is 8.65. The molecule has 1 amide bonds. The minimum absolute atomic E-state index is 0.240. The van der Waals surface area contributed by atoms with Crippen LogP contribution in [0.15, 0.2) is 22.3 Å². The molecule has 4 heteroatoms.